The van der Waals surface area contributed by atoms with E-state index < -0.39 is 0 Å². The molecule has 1 rings (SSSR count). The molecule has 18 heavy (non-hydrogen) atoms. The van der Waals surface area contributed by atoms with Crippen molar-refractivity contribution >= 4 is 5.82 Å². The summed E-state index contributed by atoms with van der Waals surface area (Å²) in [6.45, 7) is 9.57. The number of aromatic nitrogens is 1. The van der Waals surface area contributed by atoms with Crippen molar-refractivity contribution in [3.8, 4) is 0 Å². The van der Waals surface area contributed by atoms with Crippen molar-refractivity contribution in [2.45, 2.75) is 52.6 Å². The molecule has 0 aromatic carbocycles. The van der Waals surface area contributed by atoms with Crippen molar-refractivity contribution in [2.75, 3.05) is 11.9 Å². The van der Waals surface area contributed by atoms with E-state index in [4.69, 9.17) is 0 Å². The summed E-state index contributed by atoms with van der Waals surface area (Å²) >= 11 is 0. The maximum Gasteiger partial charge on any atom is 0.169 e. The molecule has 1 aromatic rings. The van der Waals surface area contributed by atoms with Gasteiger partial charge < -0.3 is 10.6 Å². The predicted molar refractivity (Wildman–Crippen MR) is 74.2 cm³/mol. The Bertz CT molecular complexity index is 372. The van der Waals surface area contributed by atoms with Crippen LogP contribution in [0.25, 0.3) is 0 Å². The zero-order valence-electron chi connectivity index (χ0n) is 11.8. The van der Waals surface area contributed by atoms with Gasteiger partial charge in [-0.3, -0.25) is 0 Å². The molecule has 0 saturated heterocycles. The second kappa shape index (κ2) is 6.69. The van der Waals surface area contributed by atoms with Crippen LogP contribution >= 0.6 is 0 Å². The molecule has 0 radical (unpaired) electrons. The molecule has 0 bridgehead atoms. The van der Waals surface area contributed by atoms with Gasteiger partial charge in [-0.05, 0) is 33.3 Å². The van der Waals surface area contributed by atoms with E-state index in [1.165, 1.54) is 0 Å². The van der Waals surface area contributed by atoms with E-state index in [-0.39, 0.29) is 11.4 Å². The zero-order chi connectivity index (χ0) is 13.6. The van der Waals surface area contributed by atoms with Gasteiger partial charge in [0.25, 0.3) is 0 Å². The van der Waals surface area contributed by atoms with Crippen LogP contribution in [0.15, 0.2) is 12.3 Å². The number of pyridine rings is 1. The molecule has 102 valence electrons. The third kappa shape index (κ3) is 5.00. The average molecular weight is 253 g/mol. The molecule has 0 unspecified atom stereocenters. The van der Waals surface area contributed by atoms with Crippen molar-refractivity contribution < 1.29 is 4.39 Å². The largest absolute Gasteiger partial charge is 0.368 e. The Labute approximate surface area is 109 Å². The highest BCUT2D eigenvalue weighted by Crippen LogP contribution is 2.16. The summed E-state index contributed by atoms with van der Waals surface area (Å²) in [5.74, 6) is 0.113. The SMILES string of the molecule is CCCCNc1nccc(CNC(C)(C)C)c1F. The Kier molecular flexibility index (Phi) is 5.54. The third-order valence-electron chi connectivity index (χ3n) is 2.60. The first kappa shape index (κ1) is 14.9. The third-order valence-corrected chi connectivity index (χ3v) is 2.60. The van der Waals surface area contributed by atoms with Gasteiger partial charge in [-0.1, -0.05) is 13.3 Å². The topological polar surface area (TPSA) is 37.0 Å². The number of unbranched alkanes of at least 4 members (excludes halogenated alkanes) is 1. The van der Waals surface area contributed by atoms with Crippen LogP contribution in [0, 0.1) is 5.82 Å². The van der Waals surface area contributed by atoms with Crippen LogP contribution in [0.3, 0.4) is 0 Å². The van der Waals surface area contributed by atoms with Gasteiger partial charge in [-0.15, -0.1) is 0 Å². The lowest BCUT2D eigenvalue weighted by atomic mass is 10.1. The maximum absolute atomic E-state index is 14.1. The van der Waals surface area contributed by atoms with Gasteiger partial charge in [0.15, 0.2) is 11.6 Å². The Morgan fingerprint density at radius 3 is 2.67 bits per heavy atom. The van der Waals surface area contributed by atoms with Crippen LogP contribution in [0.2, 0.25) is 0 Å². The molecule has 2 N–H and O–H groups in total. The van der Waals surface area contributed by atoms with E-state index in [1.54, 1.807) is 12.3 Å². The second-order valence-electron chi connectivity index (χ2n) is 5.52. The molecule has 0 saturated carbocycles. The van der Waals surface area contributed by atoms with E-state index in [0.717, 1.165) is 19.4 Å². The van der Waals surface area contributed by atoms with E-state index in [1.807, 2.05) is 0 Å². The summed E-state index contributed by atoms with van der Waals surface area (Å²) in [4.78, 5) is 4.04. The molecule has 4 heteroatoms. The van der Waals surface area contributed by atoms with Gasteiger partial charge in [0.05, 0.1) is 0 Å². The zero-order valence-corrected chi connectivity index (χ0v) is 11.8. The van der Waals surface area contributed by atoms with E-state index >= 15 is 0 Å². The fraction of sp³-hybridized carbons (Fsp3) is 0.643. The molecule has 0 amide bonds. The van der Waals surface area contributed by atoms with Crippen LogP contribution < -0.4 is 10.6 Å². The van der Waals surface area contributed by atoms with Crippen molar-refractivity contribution in [2.24, 2.45) is 0 Å². The van der Waals surface area contributed by atoms with Gasteiger partial charge in [0, 0.05) is 30.4 Å². The molecule has 0 aliphatic rings. The van der Waals surface area contributed by atoms with Gasteiger partial charge in [0.2, 0.25) is 0 Å². The molecule has 1 aromatic heterocycles. The lowest BCUT2D eigenvalue weighted by Gasteiger charge is -2.21. The number of rotatable bonds is 6. The Morgan fingerprint density at radius 1 is 1.33 bits per heavy atom. The lowest BCUT2D eigenvalue weighted by molar-refractivity contribution is 0.418. The number of hydrogen-bond donors (Lipinski definition) is 2. The quantitative estimate of drug-likeness (QED) is 0.764. The minimum absolute atomic E-state index is 0.0223. The summed E-state index contributed by atoms with van der Waals surface area (Å²) in [6.07, 6.45) is 3.75. The predicted octanol–water partition coefficient (Wildman–Crippen LogP) is 3.32. The van der Waals surface area contributed by atoms with Gasteiger partial charge >= 0.3 is 0 Å². The Hall–Kier alpha value is -1.16. The fourth-order valence-electron chi connectivity index (χ4n) is 1.49. The number of anilines is 1. The molecular formula is C14H24FN3. The highest BCUT2D eigenvalue weighted by atomic mass is 19.1. The fourth-order valence-corrected chi connectivity index (χ4v) is 1.49. The summed E-state index contributed by atoms with van der Waals surface area (Å²) in [7, 11) is 0. The lowest BCUT2D eigenvalue weighted by Crippen LogP contribution is -2.35. The molecule has 0 aliphatic heterocycles. The van der Waals surface area contributed by atoms with Crippen molar-refractivity contribution in [3.63, 3.8) is 0 Å². The Balaban J connectivity index is 2.66. The number of halogens is 1. The first-order valence-corrected chi connectivity index (χ1v) is 6.56. The molecule has 3 nitrogen and oxygen atoms in total. The summed E-state index contributed by atoms with van der Waals surface area (Å²) in [5, 5.41) is 6.32. The first-order valence-electron chi connectivity index (χ1n) is 6.56. The van der Waals surface area contributed by atoms with Gasteiger partial charge in [-0.25, -0.2) is 9.37 Å². The summed E-state index contributed by atoms with van der Waals surface area (Å²) in [5.41, 5.74) is 0.629. The highest BCUT2D eigenvalue weighted by molar-refractivity contribution is 5.39. The standard InChI is InChI=1S/C14H24FN3/c1-5-6-8-16-13-12(15)11(7-9-17-13)10-18-14(2,3)4/h7,9,18H,5-6,8,10H2,1-4H3,(H,16,17). The van der Waals surface area contributed by atoms with Crippen LogP contribution in [-0.4, -0.2) is 17.1 Å². The second-order valence-corrected chi connectivity index (χ2v) is 5.52. The normalized spacial score (nSPS) is 11.6. The Morgan fingerprint density at radius 2 is 2.06 bits per heavy atom. The van der Waals surface area contributed by atoms with Crippen molar-refractivity contribution in [3.05, 3.63) is 23.6 Å². The van der Waals surface area contributed by atoms with Crippen molar-refractivity contribution in [1.29, 1.82) is 0 Å². The smallest absolute Gasteiger partial charge is 0.169 e. The van der Waals surface area contributed by atoms with Gasteiger partial charge in [0.1, 0.15) is 0 Å². The first-order chi connectivity index (χ1) is 8.44. The van der Waals surface area contributed by atoms with Crippen molar-refractivity contribution in [1.82, 2.24) is 10.3 Å². The monoisotopic (exact) mass is 253 g/mol. The van der Waals surface area contributed by atoms with Crippen LogP contribution in [0.1, 0.15) is 46.1 Å². The average Bonchev–Trinajstić information content (AvgIpc) is 2.29. The molecular weight excluding hydrogens is 229 g/mol. The summed E-state index contributed by atoms with van der Waals surface area (Å²) < 4.78 is 14.1. The molecule has 0 atom stereocenters. The molecule has 1 heterocycles. The van der Waals surface area contributed by atoms with E-state index in [0.29, 0.717) is 17.9 Å². The van der Waals surface area contributed by atoms with Gasteiger partial charge in [-0.2, -0.15) is 0 Å². The highest BCUT2D eigenvalue weighted by Gasteiger charge is 2.13. The minimum Gasteiger partial charge on any atom is -0.368 e. The van der Waals surface area contributed by atoms with Crippen LogP contribution in [0.5, 0.6) is 0 Å². The molecule has 0 spiro atoms. The van der Waals surface area contributed by atoms with Crippen LogP contribution in [0.4, 0.5) is 10.2 Å². The number of hydrogen-bond acceptors (Lipinski definition) is 3. The van der Waals surface area contributed by atoms with E-state index in [9.17, 15) is 4.39 Å². The molecule has 0 aliphatic carbocycles. The number of nitrogens with one attached hydrogen (secondary N) is 2. The summed E-state index contributed by atoms with van der Waals surface area (Å²) in [6, 6.07) is 1.72. The number of nitrogens with zero attached hydrogens (tertiary/aromatic N) is 1. The van der Waals surface area contributed by atoms with E-state index in [2.05, 4.69) is 43.3 Å². The minimum atomic E-state index is -0.245. The molecule has 0 fully saturated rings. The van der Waals surface area contributed by atoms with Crippen LogP contribution in [-0.2, 0) is 6.54 Å². The maximum atomic E-state index is 14.1.